The van der Waals surface area contributed by atoms with Crippen molar-refractivity contribution >= 4 is 17.4 Å². The van der Waals surface area contributed by atoms with E-state index in [0.29, 0.717) is 17.4 Å². The normalized spacial score (nSPS) is 22.3. The lowest BCUT2D eigenvalue weighted by atomic mass is 9.94. The number of rotatable bonds is 4. The molecule has 2 fully saturated rings. The van der Waals surface area contributed by atoms with Crippen molar-refractivity contribution in [1.82, 2.24) is 15.3 Å². The maximum atomic E-state index is 13.2. The summed E-state index contributed by atoms with van der Waals surface area (Å²) in [7, 11) is 0. The van der Waals surface area contributed by atoms with Crippen molar-refractivity contribution in [2.75, 3.05) is 11.4 Å². The van der Waals surface area contributed by atoms with Crippen LogP contribution in [0.15, 0.2) is 54.7 Å². The van der Waals surface area contributed by atoms with Crippen molar-refractivity contribution in [3.05, 3.63) is 83.1 Å². The molecule has 6 rings (SSSR count). The number of hydrogen-bond acceptors (Lipinski definition) is 4. The van der Waals surface area contributed by atoms with Crippen LogP contribution in [0.4, 0.5) is 15.9 Å². The van der Waals surface area contributed by atoms with Gasteiger partial charge in [-0.1, -0.05) is 12.1 Å². The first-order chi connectivity index (χ1) is 15.0. The van der Waals surface area contributed by atoms with Crippen molar-refractivity contribution in [3.63, 3.8) is 0 Å². The number of carbonyl (C=O) groups is 1. The molecule has 0 radical (unpaired) electrons. The van der Waals surface area contributed by atoms with Crippen LogP contribution in [-0.2, 0) is 5.54 Å². The first-order valence-electron chi connectivity index (χ1n) is 10.8. The molecule has 2 aromatic carbocycles. The summed E-state index contributed by atoms with van der Waals surface area (Å²) in [4.78, 5) is 23.9. The van der Waals surface area contributed by atoms with Crippen LogP contribution in [0.25, 0.3) is 0 Å². The van der Waals surface area contributed by atoms with Crippen molar-refractivity contribution < 1.29 is 9.18 Å². The molecular weight excluding hydrogens is 391 g/mol. The highest BCUT2D eigenvalue weighted by atomic mass is 19.1. The lowest BCUT2D eigenvalue weighted by Gasteiger charge is -2.31. The summed E-state index contributed by atoms with van der Waals surface area (Å²) in [5.41, 5.74) is 3.89. The number of aryl methyl sites for hydroxylation is 1. The Morgan fingerprint density at radius 3 is 2.71 bits per heavy atom. The summed E-state index contributed by atoms with van der Waals surface area (Å²) >= 11 is 0. The third-order valence-electron chi connectivity index (χ3n) is 6.86. The van der Waals surface area contributed by atoms with Crippen LogP contribution in [0.5, 0.6) is 0 Å². The first-order valence-corrected chi connectivity index (χ1v) is 10.8. The van der Waals surface area contributed by atoms with Crippen LogP contribution >= 0.6 is 0 Å². The van der Waals surface area contributed by atoms with Gasteiger partial charge in [-0.3, -0.25) is 4.79 Å². The molecule has 1 N–H and O–H groups in total. The van der Waals surface area contributed by atoms with Gasteiger partial charge < -0.3 is 10.2 Å². The van der Waals surface area contributed by atoms with E-state index in [1.54, 1.807) is 0 Å². The average molecular weight is 414 g/mol. The molecule has 1 aliphatic heterocycles. The SMILES string of the molecule is Cc1nccc(N2C[C@H]3C[C@H]3c3cc(C4(NC(=O)c5ccc(F)cc5)CC4)ccc32)n1. The molecule has 1 aromatic heterocycles. The molecule has 3 aliphatic rings. The molecule has 5 nitrogen and oxygen atoms in total. The number of benzene rings is 2. The second-order valence-corrected chi connectivity index (χ2v) is 8.99. The number of amides is 1. The molecule has 2 saturated carbocycles. The summed E-state index contributed by atoms with van der Waals surface area (Å²) in [5, 5.41) is 3.21. The molecule has 1 amide bonds. The summed E-state index contributed by atoms with van der Waals surface area (Å²) in [6.07, 6.45) is 4.85. The smallest absolute Gasteiger partial charge is 0.251 e. The molecule has 156 valence electrons. The van der Waals surface area contributed by atoms with E-state index < -0.39 is 0 Å². The molecule has 2 atom stereocenters. The molecule has 2 aliphatic carbocycles. The average Bonchev–Trinajstić information content (AvgIpc) is 3.69. The lowest BCUT2D eigenvalue weighted by Crippen LogP contribution is -2.35. The first kappa shape index (κ1) is 18.5. The van der Waals surface area contributed by atoms with E-state index in [1.165, 1.54) is 41.9 Å². The molecule has 0 unspecified atom stereocenters. The Morgan fingerprint density at radius 1 is 1.16 bits per heavy atom. The summed E-state index contributed by atoms with van der Waals surface area (Å²) in [5.74, 6) is 2.47. The van der Waals surface area contributed by atoms with Gasteiger partial charge >= 0.3 is 0 Å². The molecule has 2 heterocycles. The zero-order chi connectivity index (χ0) is 21.2. The largest absolute Gasteiger partial charge is 0.343 e. The molecule has 0 saturated heterocycles. The van der Waals surface area contributed by atoms with E-state index in [1.807, 2.05) is 19.2 Å². The molecule has 3 aromatic rings. The van der Waals surface area contributed by atoms with Gasteiger partial charge in [0.05, 0.1) is 5.54 Å². The van der Waals surface area contributed by atoms with Crippen LogP contribution in [0.2, 0.25) is 0 Å². The highest BCUT2D eigenvalue weighted by molar-refractivity contribution is 5.95. The Labute approximate surface area is 180 Å². The summed E-state index contributed by atoms with van der Waals surface area (Å²) in [6.45, 7) is 2.90. The Hall–Kier alpha value is -3.28. The monoisotopic (exact) mass is 414 g/mol. The number of aromatic nitrogens is 2. The number of fused-ring (bicyclic) bond motifs is 3. The number of anilines is 2. The Balaban J connectivity index is 1.31. The lowest BCUT2D eigenvalue weighted by molar-refractivity contribution is 0.0930. The fourth-order valence-corrected chi connectivity index (χ4v) is 4.87. The Bertz CT molecular complexity index is 1190. The topological polar surface area (TPSA) is 58.1 Å². The molecule has 6 heteroatoms. The van der Waals surface area contributed by atoms with Gasteiger partial charge in [-0.05, 0) is 85.5 Å². The predicted molar refractivity (Wildman–Crippen MR) is 116 cm³/mol. The maximum Gasteiger partial charge on any atom is 0.251 e. The van der Waals surface area contributed by atoms with Crippen LogP contribution in [0, 0.1) is 18.7 Å². The van der Waals surface area contributed by atoms with Gasteiger partial charge in [0.25, 0.3) is 5.91 Å². The fraction of sp³-hybridized carbons (Fsp3) is 0.320. The minimum Gasteiger partial charge on any atom is -0.343 e. The second kappa shape index (κ2) is 6.61. The number of hydrogen-bond donors (Lipinski definition) is 1. The number of carbonyl (C=O) groups excluding carboxylic acids is 1. The van der Waals surface area contributed by atoms with Crippen molar-refractivity contribution in [1.29, 1.82) is 0 Å². The number of nitrogens with one attached hydrogen (secondary N) is 1. The van der Waals surface area contributed by atoms with E-state index in [4.69, 9.17) is 0 Å². The van der Waals surface area contributed by atoms with Gasteiger partial charge in [-0.2, -0.15) is 0 Å². The van der Waals surface area contributed by atoms with E-state index in [2.05, 4.69) is 38.4 Å². The van der Waals surface area contributed by atoms with E-state index >= 15 is 0 Å². The molecule has 0 spiro atoms. The van der Waals surface area contributed by atoms with Crippen LogP contribution in [-0.4, -0.2) is 22.4 Å². The van der Waals surface area contributed by atoms with Gasteiger partial charge in [-0.25, -0.2) is 14.4 Å². The fourth-order valence-electron chi connectivity index (χ4n) is 4.87. The zero-order valence-electron chi connectivity index (χ0n) is 17.3. The number of nitrogens with zero attached hydrogens (tertiary/aromatic N) is 3. The minimum absolute atomic E-state index is 0.155. The van der Waals surface area contributed by atoms with Crippen molar-refractivity contribution in [2.24, 2.45) is 5.92 Å². The molecular formula is C25H23FN4O. The van der Waals surface area contributed by atoms with Gasteiger partial charge in [0.2, 0.25) is 0 Å². The Morgan fingerprint density at radius 2 is 1.97 bits per heavy atom. The summed E-state index contributed by atoms with van der Waals surface area (Å²) in [6, 6.07) is 14.3. The highest BCUT2D eigenvalue weighted by Crippen LogP contribution is 2.57. The third-order valence-corrected chi connectivity index (χ3v) is 6.86. The van der Waals surface area contributed by atoms with Gasteiger partial charge in [0, 0.05) is 24.0 Å². The standard InChI is InChI=1S/C25H23FN4O/c1-15-27-11-8-23(28-15)30-14-17-12-20(17)21-13-18(4-7-22(21)30)25(9-10-25)29-24(31)16-2-5-19(26)6-3-16/h2-8,11,13,17,20H,9-10,12,14H2,1H3,(H,29,31)/t17-,20-/m1/s1. The molecule has 31 heavy (non-hydrogen) atoms. The Kier molecular flexibility index (Phi) is 3.94. The van der Waals surface area contributed by atoms with E-state index in [-0.39, 0.29) is 17.3 Å². The second-order valence-electron chi connectivity index (χ2n) is 8.99. The van der Waals surface area contributed by atoms with Crippen molar-refractivity contribution in [3.8, 4) is 0 Å². The number of halogens is 1. The third kappa shape index (κ3) is 3.17. The summed E-state index contributed by atoms with van der Waals surface area (Å²) < 4.78 is 13.2. The minimum atomic E-state index is -0.338. The van der Waals surface area contributed by atoms with Gasteiger partial charge in [0.1, 0.15) is 17.5 Å². The van der Waals surface area contributed by atoms with E-state index in [9.17, 15) is 9.18 Å². The van der Waals surface area contributed by atoms with Gasteiger partial charge in [-0.15, -0.1) is 0 Å². The highest BCUT2D eigenvalue weighted by Gasteiger charge is 2.49. The predicted octanol–water partition coefficient (Wildman–Crippen LogP) is 4.60. The quantitative estimate of drug-likeness (QED) is 0.678. The van der Waals surface area contributed by atoms with Crippen LogP contribution < -0.4 is 10.2 Å². The molecule has 0 bridgehead atoms. The maximum absolute atomic E-state index is 13.2. The van der Waals surface area contributed by atoms with Crippen LogP contribution in [0.3, 0.4) is 0 Å². The van der Waals surface area contributed by atoms with Crippen LogP contribution in [0.1, 0.15) is 52.5 Å². The zero-order valence-corrected chi connectivity index (χ0v) is 17.3. The van der Waals surface area contributed by atoms with Crippen molar-refractivity contribution in [2.45, 2.75) is 37.6 Å². The van der Waals surface area contributed by atoms with Gasteiger partial charge in [0.15, 0.2) is 0 Å². The van der Waals surface area contributed by atoms with E-state index in [0.717, 1.165) is 36.6 Å².